The van der Waals surface area contributed by atoms with E-state index in [9.17, 15) is 24.3 Å². The zero-order chi connectivity index (χ0) is 29.9. The van der Waals surface area contributed by atoms with Gasteiger partial charge in [-0.1, -0.05) is 25.0 Å². The first-order valence-corrected chi connectivity index (χ1v) is 14.7. The van der Waals surface area contributed by atoms with Crippen LogP contribution in [0, 0.1) is 28.6 Å². The van der Waals surface area contributed by atoms with Gasteiger partial charge in [-0.05, 0) is 70.1 Å². The zero-order valence-electron chi connectivity index (χ0n) is 24.8. The highest BCUT2D eigenvalue weighted by molar-refractivity contribution is 5.98. The Morgan fingerprint density at radius 2 is 1.73 bits per heavy atom. The fraction of sp³-hybridized carbons (Fsp3) is 0.688. The first kappa shape index (κ1) is 28.3. The summed E-state index contributed by atoms with van der Waals surface area (Å²) in [6, 6.07) is 0. The van der Waals surface area contributed by atoms with E-state index in [0.717, 1.165) is 11.1 Å². The van der Waals surface area contributed by atoms with Crippen molar-refractivity contribution >= 4 is 23.7 Å². The molecule has 0 radical (unpaired) electrons. The maximum atomic E-state index is 13.7. The number of epoxide rings is 1. The molecule has 9 nitrogen and oxygen atoms in total. The average Bonchev–Trinajstić information content (AvgIpc) is 3.58. The van der Waals surface area contributed by atoms with E-state index in [-0.39, 0.29) is 23.6 Å². The standard InChI is InChI=1S/C32H40O9/c1-15-12-23(40-28(36)16(15)2)17(3)21-13-26(39-19(5)34)31(37)22-14-27-32(41-27)25(38-18(4)33)9-8-24(35)30(32,7)20(22)10-11-29(21,31)6/h8-9,13,17,20,22-23,25-27,37H,10-12,14H2,1-7H3. The maximum absolute atomic E-state index is 13.7. The quantitative estimate of drug-likeness (QED) is 0.234. The monoisotopic (exact) mass is 568 g/mol. The molecule has 0 aromatic carbocycles. The predicted molar refractivity (Wildman–Crippen MR) is 145 cm³/mol. The van der Waals surface area contributed by atoms with Crippen molar-refractivity contribution in [3.8, 4) is 0 Å². The smallest absolute Gasteiger partial charge is 0.333 e. The molecule has 1 saturated heterocycles. The van der Waals surface area contributed by atoms with E-state index in [1.807, 2.05) is 33.8 Å². The van der Waals surface area contributed by atoms with Gasteiger partial charge in [0.15, 0.2) is 11.9 Å². The van der Waals surface area contributed by atoms with Gasteiger partial charge in [-0.15, -0.1) is 0 Å². The minimum absolute atomic E-state index is 0.111. The number of esters is 3. The van der Waals surface area contributed by atoms with Crippen molar-refractivity contribution in [1.82, 2.24) is 0 Å². The van der Waals surface area contributed by atoms with Gasteiger partial charge in [-0.3, -0.25) is 14.4 Å². The van der Waals surface area contributed by atoms with E-state index in [2.05, 4.69) is 0 Å². The van der Waals surface area contributed by atoms with Crippen LogP contribution in [0.3, 0.4) is 0 Å². The zero-order valence-corrected chi connectivity index (χ0v) is 24.8. The number of allylic oxidation sites excluding steroid dienone is 1. The topological polar surface area (TPSA) is 129 Å². The van der Waals surface area contributed by atoms with E-state index >= 15 is 0 Å². The number of hydrogen-bond acceptors (Lipinski definition) is 9. The van der Waals surface area contributed by atoms with Crippen LogP contribution in [0.25, 0.3) is 0 Å². The summed E-state index contributed by atoms with van der Waals surface area (Å²) in [6.07, 6.45) is 4.67. The molecular formula is C32H40O9. The molecule has 11 unspecified atom stereocenters. The molecule has 6 aliphatic rings. The Hall–Kier alpha value is -2.78. The van der Waals surface area contributed by atoms with Gasteiger partial charge < -0.3 is 24.1 Å². The number of carbonyl (C=O) groups is 4. The second-order valence-corrected chi connectivity index (χ2v) is 13.5. The summed E-state index contributed by atoms with van der Waals surface area (Å²) in [6.45, 7) is 12.3. The van der Waals surface area contributed by atoms with Gasteiger partial charge in [0.1, 0.15) is 23.4 Å². The molecule has 11 atom stereocenters. The Morgan fingerprint density at radius 1 is 1.07 bits per heavy atom. The number of ketones is 1. The second kappa shape index (κ2) is 8.86. The number of fused-ring (bicyclic) bond motifs is 4. The Labute approximate surface area is 240 Å². The third-order valence-electron chi connectivity index (χ3n) is 11.8. The molecule has 2 heterocycles. The number of rotatable bonds is 4. The molecule has 6 rings (SSSR count). The van der Waals surface area contributed by atoms with Crippen molar-refractivity contribution in [2.75, 3.05) is 0 Å². The minimum Gasteiger partial charge on any atom is -0.458 e. The minimum atomic E-state index is -1.52. The number of cyclic esters (lactones) is 1. The molecule has 1 spiro atoms. The molecule has 3 fully saturated rings. The van der Waals surface area contributed by atoms with Crippen LogP contribution in [0.15, 0.2) is 34.9 Å². The second-order valence-electron chi connectivity index (χ2n) is 13.5. The van der Waals surface area contributed by atoms with Crippen LogP contribution < -0.4 is 0 Å². The van der Waals surface area contributed by atoms with Crippen LogP contribution in [0.2, 0.25) is 0 Å². The van der Waals surface area contributed by atoms with Gasteiger partial charge in [-0.2, -0.15) is 0 Å². The van der Waals surface area contributed by atoms with Gasteiger partial charge >= 0.3 is 17.9 Å². The maximum Gasteiger partial charge on any atom is 0.333 e. The molecule has 0 amide bonds. The highest BCUT2D eigenvalue weighted by Gasteiger charge is 2.83. The van der Waals surface area contributed by atoms with Gasteiger partial charge in [0, 0.05) is 37.2 Å². The lowest BCUT2D eigenvalue weighted by Gasteiger charge is -2.61. The number of carbonyl (C=O) groups excluding carboxylic acids is 4. The van der Waals surface area contributed by atoms with E-state index in [1.165, 1.54) is 19.9 Å². The lowest BCUT2D eigenvalue weighted by Crippen LogP contribution is -2.70. The number of hydrogen-bond donors (Lipinski definition) is 1. The van der Waals surface area contributed by atoms with Crippen LogP contribution in [0.4, 0.5) is 0 Å². The van der Waals surface area contributed by atoms with Gasteiger partial charge in [-0.25, -0.2) is 4.79 Å². The van der Waals surface area contributed by atoms with Gasteiger partial charge in [0.2, 0.25) is 0 Å². The molecule has 0 aromatic heterocycles. The highest BCUT2D eigenvalue weighted by Crippen LogP contribution is 2.74. The highest BCUT2D eigenvalue weighted by atomic mass is 16.7. The molecule has 0 aromatic rings. The largest absolute Gasteiger partial charge is 0.458 e. The van der Waals surface area contributed by atoms with Crippen LogP contribution in [0.5, 0.6) is 0 Å². The third-order valence-corrected chi connectivity index (χ3v) is 11.8. The van der Waals surface area contributed by atoms with Crippen molar-refractivity contribution in [2.45, 2.75) is 110 Å². The summed E-state index contributed by atoms with van der Waals surface area (Å²) in [5.74, 6) is -2.39. The first-order chi connectivity index (χ1) is 19.1. The van der Waals surface area contributed by atoms with Crippen LogP contribution in [-0.2, 0) is 38.1 Å². The summed E-state index contributed by atoms with van der Waals surface area (Å²) in [5.41, 5.74) is -1.85. The molecule has 41 heavy (non-hydrogen) atoms. The molecule has 2 saturated carbocycles. The van der Waals surface area contributed by atoms with E-state index in [4.69, 9.17) is 18.9 Å². The van der Waals surface area contributed by atoms with Crippen molar-refractivity contribution < 1.29 is 43.2 Å². The summed E-state index contributed by atoms with van der Waals surface area (Å²) >= 11 is 0. The van der Waals surface area contributed by atoms with E-state index < -0.39 is 64.3 Å². The summed E-state index contributed by atoms with van der Waals surface area (Å²) in [4.78, 5) is 50.7. The Balaban J connectivity index is 1.40. The molecule has 222 valence electrons. The van der Waals surface area contributed by atoms with Crippen molar-refractivity contribution in [3.63, 3.8) is 0 Å². The van der Waals surface area contributed by atoms with Crippen LogP contribution >= 0.6 is 0 Å². The number of ether oxygens (including phenoxy) is 4. The Morgan fingerprint density at radius 3 is 2.37 bits per heavy atom. The molecule has 0 bridgehead atoms. The fourth-order valence-electron chi connectivity index (χ4n) is 9.42. The normalized spacial score (nSPS) is 46.8. The third kappa shape index (κ3) is 3.48. The predicted octanol–water partition coefficient (Wildman–Crippen LogP) is 3.53. The first-order valence-electron chi connectivity index (χ1n) is 14.7. The average molecular weight is 569 g/mol. The summed E-state index contributed by atoms with van der Waals surface area (Å²) in [7, 11) is 0. The Kier molecular flexibility index (Phi) is 6.13. The molecule has 2 aliphatic heterocycles. The van der Waals surface area contributed by atoms with E-state index in [1.54, 1.807) is 13.0 Å². The molecule has 1 N–H and O–H groups in total. The molecular weight excluding hydrogens is 528 g/mol. The lowest BCUT2D eigenvalue weighted by atomic mass is 9.42. The van der Waals surface area contributed by atoms with Crippen molar-refractivity contribution in [1.29, 1.82) is 0 Å². The summed E-state index contributed by atoms with van der Waals surface area (Å²) in [5, 5.41) is 13.0. The van der Waals surface area contributed by atoms with Crippen LogP contribution in [0.1, 0.15) is 74.1 Å². The van der Waals surface area contributed by atoms with Crippen LogP contribution in [-0.4, -0.2) is 64.4 Å². The number of aliphatic hydroxyl groups is 1. The molecule has 4 aliphatic carbocycles. The lowest BCUT2D eigenvalue weighted by molar-refractivity contribution is -0.225. The SMILES string of the molecule is CC(=O)OC1C=C(C(C)C2CC(C)=C(C)C(=O)O2)C2(C)CCC3C(CC4OC45C(OC(C)=O)C=CC(=O)C35C)C12O. The fourth-order valence-corrected chi connectivity index (χ4v) is 9.42. The van der Waals surface area contributed by atoms with Gasteiger partial charge in [0.05, 0.1) is 11.5 Å². The van der Waals surface area contributed by atoms with E-state index in [0.29, 0.717) is 31.3 Å². The van der Waals surface area contributed by atoms with Gasteiger partial charge in [0.25, 0.3) is 0 Å². The molecule has 9 heteroatoms. The summed E-state index contributed by atoms with van der Waals surface area (Å²) < 4.78 is 23.7. The Bertz CT molecular complexity index is 1340. The van der Waals surface area contributed by atoms with Crippen molar-refractivity contribution in [2.24, 2.45) is 28.6 Å². The van der Waals surface area contributed by atoms with Crippen molar-refractivity contribution in [3.05, 3.63) is 34.9 Å².